The number of halogens is 1. The quantitative estimate of drug-likeness (QED) is 0.360. The van der Waals surface area contributed by atoms with E-state index in [2.05, 4.69) is 0 Å². The Balaban J connectivity index is 0. The Labute approximate surface area is 106 Å². The molecule has 0 radical (unpaired) electrons. The van der Waals surface area contributed by atoms with Gasteiger partial charge in [0.2, 0.25) is 0 Å². The van der Waals surface area contributed by atoms with Crippen LogP contribution in [0, 0.1) is 0 Å². The summed E-state index contributed by atoms with van der Waals surface area (Å²) in [5.74, 6) is 0. The molecule has 0 aliphatic heterocycles. The Hall–Kier alpha value is 3.35. The zero-order valence-electron chi connectivity index (χ0n) is 1.12. The van der Waals surface area contributed by atoms with E-state index < -0.39 is 0 Å². The van der Waals surface area contributed by atoms with Crippen molar-refractivity contribution in [3.8, 4) is 0 Å². The average Bonchev–Trinajstić information content (AvgIpc) is 0. The molecule has 0 aromatic heterocycles. The van der Waals surface area contributed by atoms with Crippen LogP contribution in [-0.2, 0) is 19.5 Å². The van der Waals surface area contributed by atoms with Gasteiger partial charge in [0.25, 0.3) is 0 Å². The fourth-order valence-electron chi connectivity index (χ4n) is 0. The molecule has 0 saturated heterocycles. The molecule has 0 atom stereocenters. The van der Waals surface area contributed by atoms with Gasteiger partial charge in [0.1, 0.15) is 0 Å². The first-order valence-electron chi connectivity index (χ1n) is 0. The van der Waals surface area contributed by atoms with Crippen LogP contribution in [0.4, 0.5) is 4.70 Å². The van der Waals surface area contributed by atoms with E-state index in [1.54, 1.807) is 0 Å². The smallest absolute Gasteiger partial charge is 0 e. The molecule has 0 rings (SSSR count). The van der Waals surface area contributed by atoms with E-state index in [1.807, 2.05) is 0 Å². The molecule has 0 unspecified atom stereocenters. The second kappa shape index (κ2) is 26.4. The first kappa shape index (κ1) is 40.2. The average molecular weight is 181 g/mol. The Morgan fingerprint density at radius 3 is 1.00 bits per heavy atom. The van der Waals surface area contributed by atoms with Crippen molar-refractivity contribution >= 4 is 84.7 Å². The second-order valence-electron chi connectivity index (χ2n) is 0. The largest absolute Gasteiger partial charge is 0 e. The van der Waals surface area contributed by atoms with E-state index in [0.29, 0.717) is 0 Å². The van der Waals surface area contributed by atoms with Crippen LogP contribution in [0.1, 0.15) is 0 Å². The molecule has 0 nitrogen and oxygen atoms in total. The minimum absolute atomic E-state index is 0. The topological polar surface area (TPSA) is 0 Å². The summed E-state index contributed by atoms with van der Waals surface area (Å²) in [7, 11) is 0. The van der Waals surface area contributed by atoms with Crippen LogP contribution in [-0.4, -0.2) is 84.7 Å². The van der Waals surface area contributed by atoms with Crippen LogP contribution < -0.4 is 0 Å². The summed E-state index contributed by atoms with van der Waals surface area (Å²) in [5, 5.41) is 0. The molecule has 0 aliphatic carbocycles. The molecule has 0 heterocycles. The Morgan fingerprint density at radius 1 is 1.00 bits per heavy atom. The van der Waals surface area contributed by atoms with Crippen LogP contribution >= 0.6 is 0 Å². The van der Waals surface area contributed by atoms with Crippen molar-refractivity contribution in [1.29, 1.82) is 0 Å². The minimum Gasteiger partial charge on any atom is 0 e. The van der Waals surface area contributed by atoms with Crippen LogP contribution in [0.2, 0.25) is 0 Å². The molecular formula is H7AlCaFNaZn. The summed E-state index contributed by atoms with van der Waals surface area (Å²) in [4.78, 5) is 0. The summed E-state index contributed by atoms with van der Waals surface area (Å²) in [6.45, 7) is 0. The predicted molar refractivity (Wildman–Crippen MR) is 28.1 cm³/mol. The van der Waals surface area contributed by atoms with Crippen LogP contribution in [0.15, 0.2) is 0 Å². The van der Waals surface area contributed by atoms with Gasteiger partial charge in [0, 0.05) is 19.5 Å². The van der Waals surface area contributed by atoms with Gasteiger partial charge in [-0.25, -0.2) is 0 Å². The van der Waals surface area contributed by atoms with Gasteiger partial charge < -0.3 is 0 Å². The van der Waals surface area contributed by atoms with Crippen LogP contribution in [0.25, 0.3) is 0 Å². The molecule has 0 fully saturated rings. The fourth-order valence-corrected chi connectivity index (χ4v) is 0. The Kier molecular flexibility index (Phi) is 213. The molecular weight excluding hydrogens is 174 g/mol. The predicted octanol–water partition coefficient (Wildman–Crippen LogP) is -2.60. The van der Waals surface area contributed by atoms with Gasteiger partial charge in [0.05, 0.1) is 0 Å². The van der Waals surface area contributed by atoms with Gasteiger partial charge in [-0.1, -0.05) is 0 Å². The monoisotopic (exact) mass is 180 g/mol. The fraction of sp³-hybridized carbons (Fsp3) is 0. The third-order valence-corrected chi connectivity index (χ3v) is 0. The standard InChI is InChI=1S/Al.Ca.FH.Na.Zn.6H/h;;1H;;;;;;;;. The van der Waals surface area contributed by atoms with Gasteiger partial charge in [-0.3, -0.25) is 4.70 Å². The van der Waals surface area contributed by atoms with Crippen molar-refractivity contribution in [2.75, 3.05) is 0 Å². The van der Waals surface area contributed by atoms with Gasteiger partial charge in [-0.05, 0) is 0 Å². The summed E-state index contributed by atoms with van der Waals surface area (Å²) in [5.41, 5.74) is 0. The molecule has 5 heavy (non-hydrogen) atoms. The van der Waals surface area contributed by atoms with Crippen molar-refractivity contribution < 1.29 is 24.2 Å². The third-order valence-electron chi connectivity index (χ3n) is 0. The molecule has 0 saturated carbocycles. The molecule has 0 aromatic carbocycles. The van der Waals surface area contributed by atoms with E-state index in [-0.39, 0.29) is 109 Å². The maximum Gasteiger partial charge on any atom is 0 e. The number of hydrogen-bond donors (Lipinski definition) is 0. The maximum atomic E-state index is 0. The van der Waals surface area contributed by atoms with E-state index >= 15 is 0 Å². The molecule has 5 heteroatoms. The molecule has 22 valence electrons. The first-order chi connectivity index (χ1) is 0. The van der Waals surface area contributed by atoms with Gasteiger partial charge in [0.15, 0.2) is 17.4 Å². The van der Waals surface area contributed by atoms with Gasteiger partial charge in [-0.2, -0.15) is 0 Å². The van der Waals surface area contributed by atoms with Crippen LogP contribution in [0.5, 0.6) is 0 Å². The summed E-state index contributed by atoms with van der Waals surface area (Å²) >= 11 is 0. The second-order valence-corrected chi connectivity index (χ2v) is 0. The van der Waals surface area contributed by atoms with Gasteiger partial charge in [-0.15, -0.1) is 0 Å². The number of rotatable bonds is 0. The molecule has 0 amide bonds. The van der Waals surface area contributed by atoms with Crippen molar-refractivity contribution in [1.82, 2.24) is 0 Å². The normalized spacial score (nSPS) is 0. The zero-order chi connectivity index (χ0) is 0. The Bertz CT molecular complexity index is 11.6. The molecule has 0 aromatic rings. The minimum atomic E-state index is 0. The summed E-state index contributed by atoms with van der Waals surface area (Å²) in [6.07, 6.45) is 0. The Morgan fingerprint density at radius 2 is 1.00 bits per heavy atom. The van der Waals surface area contributed by atoms with Crippen LogP contribution in [0.3, 0.4) is 0 Å². The SMILES string of the molecule is F.[AlH3].[CaH2].[NaH].[Zn]. The first-order valence-corrected chi connectivity index (χ1v) is 0. The number of hydrogen-bond acceptors (Lipinski definition) is 0. The zero-order valence-corrected chi connectivity index (χ0v) is 4.08. The third kappa shape index (κ3) is 18.8. The van der Waals surface area contributed by atoms with E-state index in [1.165, 1.54) is 0 Å². The van der Waals surface area contributed by atoms with Crippen molar-refractivity contribution in [2.45, 2.75) is 0 Å². The summed E-state index contributed by atoms with van der Waals surface area (Å²) < 4.78 is 0. The van der Waals surface area contributed by atoms with Crippen molar-refractivity contribution in [3.05, 3.63) is 0 Å². The van der Waals surface area contributed by atoms with E-state index in [0.717, 1.165) is 0 Å². The maximum absolute atomic E-state index is 0. The van der Waals surface area contributed by atoms with Crippen molar-refractivity contribution in [3.63, 3.8) is 0 Å². The molecule has 0 bridgehead atoms. The molecule has 0 N–H and O–H groups in total. The van der Waals surface area contributed by atoms with Gasteiger partial charge >= 0.3 is 67.3 Å². The molecule has 0 spiro atoms. The van der Waals surface area contributed by atoms with E-state index in [9.17, 15) is 0 Å². The molecule has 0 aliphatic rings. The van der Waals surface area contributed by atoms with E-state index in [4.69, 9.17) is 0 Å². The van der Waals surface area contributed by atoms with Crippen molar-refractivity contribution in [2.24, 2.45) is 0 Å². The summed E-state index contributed by atoms with van der Waals surface area (Å²) in [6, 6.07) is 0.